The highest BCUT2D eigenvalue weighted by molar-refractivity contribution is 5.81. The topological polar surface area (TPSA) is 42.0 Å². The molecule has 1 aromatic carbocycles. The van der Waals surface area contributed by atoms with Crippen molar-refractivity contribution >= 4 is 11.6 Å². The summed E-state index contributed by atoms with van der Waals surface area (Å²) in [5.41, 5.74) is 1.00. The third-order valence-electron chi connectivity index (χ3n) is 5.43. The molecule has 0 bridgehead atoms. The molecule has 24 heavy (non-hydrogen) atoms. The van der Waals surface area contributed by atoms with Crippen LogP contribution in [0.25, 0.3) is 0 Å². The smallest absolute Gasteiger partial charge is 0.251 e. The van der Waals surface area contributed by atoms with Crippen LogP contribution in [0.1, 0.15) is 25.7 Å². The Kier molecular flexibility index (Phi) is 4.46. The summed E-state index contributed by atoms with van der Waals surface area (Å²) in [7, 11) is 0. The maximum absolute atomic E-state index is 12.7. The Morgan fingerprint density at radius 1 is 1.08 bits per heavy atom. The molecule has 5 nitrogen and oxygen atoms in total. The second kappa shape index (κ2) is 6.73. The van der Waals surface area contributed by atoms with Crippen LogP contribution in [0.5, 0.6) is 0 Å². The van der Waals surface area contributed by atoms with Gasteiger partial charge in [-0.3, -0.25) is 4.79 Å². The van der Waals surface area contributed by atoms with E-state index < -0.39 is 0 Å². The SMILES string of the molecule is O=C([C@H]1CCCO1)N1CCOC2(CCCN(c3ccccc3)C2)C1. The molecule has 3 saturated heterocycles. The number of carbonyl (C=O) groups is 1. The maximum atomic E-state index is 12.7. The predicted molar refractivity (Wildman–Crippen MR) is 92.1 cm³/mol. The lowest BCUT2D eigenvalue weighted by Gasteiger charge is -2.48. The van der Waals surface area contributed by atoms with Crippen LogP contribution in [0.2, 0.25) is 0 Å². The van der Waals surface area contributed by atoms with Crippen LogP contribution in [0.3, 0.4) is 0 Å². The van der Waals surface area contributed by atoms with Gasteiger partial charge in [-0.25, -0.2) is 0 Å². The predicted octanol–water partition coefficient (Wildman–Crippen LogP) is 2.06. The van der Waals surface area contributed by atoms with Crippen molar-refractivity contribution in [2.75, 3.05) is 44.3 Å². The minimum atomic E-state index is -0.236. The van der Waals surface area contributed by atoms with Crippen LogP contribution in [-0.4, -0.2) is 61.9 Å². The lowest BCUT2D eigenvalue weighted by atomic mass is 9.90. The summed E-state index contributed by atoms with van der Waals surface area (Å²) in [5, 5.41) is 0. The van der Waals surface area contributed by atoms with Gasteiger partial charge in [0.15, 0.2) is 0 Å². The summed E-state index contributed by atoms with van der Waals surface area (Å²) in [5.74, 6) is 0.159. The van der Waals surface area contributed by atoms with E-state index in [1.165, 1.54) is 5.69 Å². The van der Waals surface area contributed by atoms with Crippen LogP contribution in [0.15, 0.2) is 30.3 Å². The molecule has 1 spiro atoms. The minimum Gasteiger partial charge on any atom is -0.369 e. The number of carbonyl (C=O) groups excluding carboxylic acids is 1. The summed E-state index contributed by atoms with van der Waals surface area (Å²) in [4.78, 5) is 17.1. The van der Waals surface area contributed by atoms with Crippen molar-refractivity contribution in [2.45, 2.75) is 37.4 Å². The zero-order valence-electron chi connectivity index (χ0n) is 14.2. The number of para-hydroxylation sites is 1. The first kappa shape index (κ1) is 15.9. The minimum absolute atomic E-state index is 0.159. The number of benzene rings is 1. The van der Waals surface area contributed by atoms with E-state index in [-0.39, 0.29) is 17.6 Å². The van der Waals surface area contributed by atoms with Crippen molar-refractivity contribution in [3.8, 4) is 0 Å². The summed E-state index contributed by atoms with van der Waals surface area (Å²) < 4.78 is 11.8. The Morgan fingerprint density at radius 3 is 2.75 bits per heavy atom. The summed E-state index contributed by atoms with van der Waals surface area (Å²) in [6, 6.07) is 10.5. The van der Waals surface area contributed by atoms with Gasteiger partial charge in [-0.05, 0) is 37.8 Å². The molecule has 1 aromatic rings. The number of morpholine rings is 1. The molecule has 0 radical (unpaired) electrons. The third kappa shape index (κ3) is 3.15. The lowest BCUT2D eigenvalue weighted by molar-refractivity contribution is -0.160. The highest BCUT2D eigenvalue weighted by atomic mass is 16.5. The van der Waals surface area contributed by atoms with Crippen molar-refractivity contribution in [2.24, 2.45) is 0 Å². The van der Waals surface area contributed by atoms with E-state index >= 15 is 0 Å². The fraction of sp³-hybridized carbons (Fsp3) is 0.632. The van der Waals surface area contributed by atoms with Crippen LogP contribution >= 0.6 is 0 Å². The van der Waals surface area contributed by atoms with E-state index in [4.69, 9.17) is 9.47 Å². The van der Waals surface area contributed by atoms with Crippen molar-refractivity contribution < 1.29 is 14.3 Å². The van der Waals surface area contributed by atoms with Gasteiger partial charge in [-0.15, -0.1) is 0 Å². The number of piperidine rings is 1. The standard InChI is InChI=1S/C19H26N2O3/c22-18(17-8-4-12-23-17)21-11-13-24-19(15-21)9-5-10-20(14-19)16-6-2-1-3-7-16/h1-3,6-7,17H,4-5,8-15H2/t17-,19?/m1/s1. The first-order valence-corrected chi connectivity index (χ1v) is 9.10. The second-order valence-electron chi connectivity index (χ2n) is 7.15. The van der Waals surface area contributed by atoms with E-state index in [1.54, 1.807) is 0 Å². The number of amides is 1. The number of hydrogen-bond donors (Lipinski definition) is 0. The molecule has 130 valence electrons. The number of hydrogen-bond acceptors (Lipinski definition) is 4. The first-order valence-electron chi connectivity index (χ1n) is 9.10. The molecule has 0 N–H and O–H groups in total. The maximum Gasteiger partial charge on any atom is 0.251 e. The normalized spacial score (nSPS) is 30.8. The molecular weight excluding hydrogens is 304 g/mol. The average Bonchev–Trinajstić information content (AvgIpc) is 3.17. The van der Waals surface area contributed by atoms with Crippen LogP contribution < -0.4 is 4.90 Å². The van der Waals surface area contributed by atoms with E-state index in [0.29, 0.717) is 26.3 Å². The number of ether oxygens (including phenoxy) is 2. The molecule has 3 aliphatic heterocycles. The first-order chi connectivity index (χ1) is 11.8. The second-order valence-corrected chi connectivity index (χ2v) is 7.15. The Balaban J connectivity index is 1.46. The van der Waals surface area contributed by atoms with E-state index in [1.807, 2.05) is 11.0 Å². The molecule has 0 aromatic heterocycles. The van der Waals surface area contributed by atoms with Gasteiger partial charge in [-0.2, -0.15) is 0 Å². The molecule has 0 aliphatic carbocycles. The Bertz CT molecular complexity index is 569. The van der Waals surface area contributed by atoms with Gasteiger partial charge in [0.05, 0.1) is 13.2 Å². The fourth-order valence-corrected chi connectivity index (χ4v) is 4.21. The molecule has 3 aliphatic rings. The lowest BCUT2D eigenvalue weighted by Crippen LogP contribution is -2.61. The average molecular weight is 330 g/mol. The van der Waals surface area contributed by atoms with Gasteiger partial charge < -0.3 is 19.3 Å². The molecule has 3 fully saturated rings. The molecule has 4 rings (SSSR count). The van der Waals surface area contributed by atoms with Gasteiger partial charge in [0.25, 0.3) is 5.91 Å². The van der Waals surface area contributed by atoms with Gasteiger partial charge >= 0.3 is 0 Å². The summed E-state index contributed by atoms with van der Waals surface area (Å²) in [6.07, 6.45) is 3.74. The number of nitrogens with zero attached hydrogens (tertiary/aromatic N) is 2. The molecule has 0 saturated carbocycles. The molecular formula is C19H26N2O3. The van der Waals surface area contributed by atoms with Crippen molar-refractivity contribution in [1.82, 2.24) is 4.90 Å². The van der Waals surface area contributed by atoms with Crippen molar-refractivity contribution in [3.05, 3.63) is 30.3 Å². The van der Waals surface area contributed by atoms with Crippen LogP contribution in [0, 0.1) is 0 Å². The van der Waals surface area contributed by atoms with Crippen LogP contribution in [0.4, 0.5) is 5.69 Å². The van der Waals surface area contributed by atoms with Gasteiger partial charge in [-0.1, -0.05) is 18.2 Å². The van der Waals surface area contributed by atoms with E-state index in [9.17, 15) is 4.79 Å². The van der Waals surface area contributed by atoms with Gasteiger partial charge in [0, 0.05) is 31.9 Å². The van der Waals surface area contributed by atoms with Gasteiger partial charge in [0.2, 0.25) is 0 Å². The third-order valence-corrected chi connectivity index (χ3v) is 5.43. The highest BCUT2D eigenvalue weighted by Crippen LogP contribution is 2.32. The number of rotatable bonds is 2. The molecule has 3 heterocycles. The fourth-order valence-electron chi connectivity index (χ4n) is 4.21. The van der Waals surface area contributed by atoms with Crippen molar-refractivity contribution in [3.63, 3.8) is 0 Å². The molecule has 1 amide bonds. The zero-order valence-corrected chi connectivity index (χ0v) is 14.2. The Hall–Kier alpha value is -1.59. The van der Waals surface area contributed by atoms with E-state index in [0.717, 1.165) is 38.8 Å². The zero-order chi connectivity index (χ0) is 16.4. The highest BCUT2D eigenvalue weighted by Gasteiger charge is 2.43. The monoisotopic (exact) mass is 330 g/mol. The molecule has 1 unspecified atom stereocenters. The summed E-state index contributed by atoms with van der Waals surface area (Å²) >= 11 is 0. The van der Waals surface area contributed by atoms with Crippen molar-refractivity contribution in [1.29, 1.82) is 0 Å². The largest absolute Gasteiger partial charge is 0.369 e. The van der Waals surface area contributed by atoms with Gasteiger partial charge in [0.1, 0.15) is 11.7 Å². The number of anilines is 1. The molecule has 5 heteroatoms. The summed E-state index contributed by atoms with van der Waals surface area (Å²) in [6.45, 7) is 4.62. The molecule has 2 atom stereocenters. The van der Waals surface area contributed by atoms with E-state index in [2.05, 4.69) is 29.2 Å². The quantitative estimate of drug-likeness (QED) is 0.832. The Morgan fingerprint density at radius 2 is 1.96 bits per heavy atom. The van der Waals surface area contributed by atoms with Crippen LogP contribution in [-0.2, 0) is 14.3 Å². The Labute approximate surface area is 143 Å².